The molecule has 112 valence electrons. The zero-order valence-electron chi connectivity index (χ0n) is 11.4. The van der Waals surface area contributed by atoms with E-state index < -0.39 is 11.7 Å². The Morgan fingerprint density at radius 2 is 1.73 bits per heavy atom. The summed E-state index contributed by atoms with van der Waals surface area (Å²) in [5.74, 6) is 0.341. The van der Waals surface area contributed by atoms with Crippen molar-refractivity contribution >= 4 is 0 Å². The quantitative estimate of drug-likeness (QED) is 0.714. The summed E-state index contributed by atoms with van der Waals surface area (Å²) >= 11 is 0. The first-order valence-corrected chi connectivity index (χ1v) is 6.37. The number of halogens is 3. The zero-order chi connectivity index (χ0) is 15.7. The van der Waals surface area contributed by atoms with E-state index in [1.54, 1.807) is 37.5 Å². The monoisotopic (exact) mass is 305 g/mol. The molecule has 0 saturated heterocycles. The lowest BCUT2D eigenvalue weighted by molar-refractivity contribution is -0.137. The Kier molecular flexibility index (Phi) is 3.40. The van der Waals surface area contributed by atoms with Crippen LogP contribution in [0.2, 0.25) is 0 Å². The topological polar surface area (TPSA) is 51.8 Å². The van der Waals surface area contributed by atoms with Crippen molar-refractivity contribution in [1.82, 2.24) is 15.1 Å². The van der Waals surface area contributed by atoms with Crippen LogP contribution in [0.3, 0.4) is 0 Å². The molecule has 0 saturated carbocycles. The summed E-state index contributed by atoms with van der Waals surface area (Å²) in [7, 11) is 0. The molecule has 0 amide bonds. The number of hydrogen-bond acceptors (Lipinski definition) is 4. The van der Waals surface area contributed by atoms with E-state index in [0.29, 0.717) is 17.0 Å². The number of benzene rings is 1. The summed E-state index contributed by atoms with van der Waals surface area (Å²) in [6, 6.07) is 7.01. The molecule has 0 aliphatic carbocycles. The predicted octanol–water partition coefficient (Wildman–Crippen LogP) is 4.13. The van der Waals surface area contributed by atoms with Gasteiger partial charge in [0.05, 0.1) is 5.56 Å². The van der Waals surface area contributed by atoms with Gasteiger partial charge < -0.3 is 4.52 Å². The largest absolute Gasteiger partial charge is 0.416 e. The summed E-state index contributed by atoms with van der Waals surface area (Å²) < 4.78 is 43.7. The molecule has 2 heterocycles. The van der Waals surface area contributed by atoms with E-state index >= 15 is 0 Å². The van der Waals surface area contributed by atoms with Crippen LogP contribution >= 0.6 is 0 Å². The Morgan fingerprint density at radius 1 is 1.00 bits per heavy atom. The Hall–Kier alpha value is -2.70. The van der Waals surface area contributed by atoms with Crippen LogP contribution in [0.4, 0.5) is 13.2 Å². The summed E-state index contributed by atoms with van der Waals surface area (Å²) in [6.45, 7) is 1.58. The maximum absolute atomic E-state index is 12.9. The number of nitrogens with zero attached hydrogens (tertiary/aromatic N) is 3. The van der Waals surface area contributed by atoms with Crippen LogP contribution in [0.1, 0.15) is 11.1 Å². The molecule has 0 radical (unpaired) electrons. The van der Waals surface area contributed by atoms with E-state index in [2.05, 4.69) is 15.1 Å². The second kappa shape index (κ2) is 5.25. The second-order valence-corrected chi connectivity index (χ2v) is 4.74. The predicted molar refractivity (Wildman–Crippen MR) is 72.7 cm³/mol. The normalized spacial score (nSPS) is 11.6. The molecule has 0 aliphatic rings. The van der Waals surface area contributed by atoms with Crippen molar-refractivity contribution in [2.24, 2.45) is 0 Å². The minimum absolute atomic E-state index is 0.0426. The standard InChI is InChI=1S/C15H10F3N3O/c1-9-6-11(8-12(7-9)15(16,17)18)14-20-13(21-22-14)10-2-4-19-5-3-10/h2-8H,1H3. The van der Waals surface area contributed by atoms with Gasteiger partial charge in [0.15, 0.2) is 0 Å². The van der Waals surface area contributed by atoms with Gasteiger partial charge in [0, 0.05) is 23.5 Å². The number of alkyl halides is 3. The maximum Gasteiger partial charge on any atom is 0.416 e. The number of pyridine rings is 1. The van der Waals surface area contributed by atoms with Gasteiger partial charge in [-0.2, -0.15) is 18.2 Å². The molecule has 3 aromatic rings. The molecule has 22 heavy (non-hydrogen) atoms. The Morgan fingerprint density at radius 3 is 2.41 bits per heavy atom. The lowest BCUT2D eigenvalue weighted by atomic mass is 10.1. The van der Waals surface area contributed by atoms with Crippen molar-refractivity contribution in [3.8, 4) is 22.8 Å². The van der Waals surface area contributed by atoms with E-state index in [1.165, 1.54) is 0 Å². The third kappa shape index (κ3) is 2.83. The molecule has 2 aromatic heterocycles. The zero-order valence-corrected chi connectivity index (χ0v) is 11.4. The van der Waals surface area contributed by atoms with Crippen molar-refractivity contribution in [1.29, 1.82) is 0 Å². The van der Waals surface area contributed by atoms with E-state index in [9.17, 15) is 13.2 Å². The summed E-state index contributed by atoms with van der Waals surface area (Å²) in [5, 5.41) is 3.79. The van der Waals surface area contributed by atoms with Crippen molar-refractivity contribution < 1.29 is 17.7 Å². The van der Waals surface area contributed by atoms with Gasteiger partial charge in [-0.3, -0.25) is 4.98 Å². The van der Waals surface area contributed by atoms with Crippen LogP contribution in [0.15, 0.2) is 47.2 Å². The van der Waals surface area contributed by atoms with Gasteiger partial charge in [0.25, 0.3) is 5.89 Å². The van der Waals surface area contributed by atoms with E-state index in [0.717, 1.165) is 12.1 Å². The summed E-state index contributed by atoms with van der Waals surface area (Å²) in [5.41, 5.74) is 0.633. The fourth-order valence-electron chi connectivity index (χ4n) is 2.03. The minimum atomic E-state index is -4.42. The second-order valence-electron chi connectivity index (χ2n) is 4.74. The first kappa shape index (κ1) is 14.2. The molecule has 0 fully saturated rings. The van der Waals surface area contributed by atoms with Gasteiger partial charge in [0.1, 0.15) is 0 Å². The lowest BCUT2D eigenvalue weighted by Crippen LogP contribution is -2.05. The third-order valence-electron chi connectivity index (χ3n) is 3.02. The highest BCUT2D eigenvalue weighted by molar-refractivity contribution is 5.60. The van der Waals surface area contributed by atoms with Crippen LogP contribution in [-0.2, 0) is 6.18 Å². The van der Waals surface area contributed by atoms with Gasteiger partial charge in [-0.15, -0.1) is 0 Å². The molecule has 0 atom stereocenters. The van der Waals surface area contributed by atoms with Gasteiger partial charge in [-0.05, 0) is 42.8 Å². The highest BCUT2D eigenvalue weighted by Gasteiger charge is 2.31. The van der Waals surface area contributed by atoms with E-state index in [4.69, 9.17) is 4.52 Å². The smallest absolute Gasteiger partial charge is 0.334 e. The molecular weight excluding hydrogens is 295 g/mol. The molecule has 0 N–H and O–H groups in total. The molecule has 0 unspecified atom stereocenters. The van der Waals surface area contributed by atoms with Gasteiger partial charge in [0.2, 0.25) is 5.82 Å². The molecule has 1 aromatic carbocycles. The minimum Gasteiger partial charge on any atom is -0.334 e. The van der Waals surface area contributed by atoms with E-state index in [-0.39, 0.29) is 11.5 Å². The third-order valence-corrected chi connectivity index (χ3v) is 3.02. The Balaban J connectivity index is 2.02. The number of aryl methyl sites for hydroxylation is 1. The highest BCUT2D eigenvalue weighted by Crippen LogP contribution is 2.33. The Labute approximate surface area is 123 Å². The fourth-order valence-corrected chi connectivity index (χ4v) is 2.03. The molecule has 0 aliphatic heterocycles. The van der Waals surface area contributed by atoms with Crippen LogP contribution in [-0.4, -0.2) is 15.1 Å². The van der Waals surface area contributed by atoms with E-state index in [1.807, 2.05) is 0 Å². The SMILES string of the molecule is Cc1cc(-c2nc(-c3ccncc3)no2)cc(C(F)(F)F)c1. The number of hydrogen-bond donors (Lipinski definition) is 0. The number of rotatable bonds is 2. The summed E-state index contributed by atoms with van der Waals surface area (Å²) in [6.07, 6.45) is -1.28. The molecule has 3 rings (SSSR count). The Bertz CT molecular complexity index is 797. The molecule has 0 spiro atoms. The lowest BCUT2D eigenvalue weighted by Gasteiger charge is -2.08. The molecule has 0 bridgehead atoms. The van der Waals surface area contributed by atoms with Crippen LogP contribution in [0.25, 0.3) is 22.8 Å². The maximum atomic E-state index is 12.9. The van der Waals surface area contributed by atoms with Crippen molar-refractivity contribution in [2.75, 3.05) is 0 Å². The van der Waals surface area contributed by atoms with Gasteiger partial charge >= 0.3 is 6.18 Å². The summed E-state index contributed by atoms with van der Waals surface area (Å²) in [4.78, 5) is 8.02. The van der Waals surface area contributed by atoms with Gasteiger partial charge in [-0.25, -0.2) is 0 Å². The number of aromatic nitrogens is 3. The molecule has 7 heteroatoms. The van der Waals surface area contributed by atoms with Crippen molar-refractivity contribution in [3.63, 3.8) is 0 Å². The first-order valence-electron chi connectivity index (χ1n) is 6.37. The van der Waals surface area contributed by atoms with Crippen molar-refractivity contribution in [3.05, 3.63) is 53.9 Å². The fraction of sp³-hybridized carbons (Fsp3) is 0.133. The highest BCUT2D eigenvalue weighted by atomic mass is 19.4. The van der Waals surface area contributed by atoms with Crippen LogP contribution in [0, 0.1) is 6.92 Å². The van der Waals surface area contributed by atoms with Crippen molar-refractivity contribution in [2.45, 2.75) is 13.1 Å². The molecule has 4 nitrogen and oxygen atoms in total. The average Bonchev–Trinajstić information content (AvgIpc) is 2.96. The van der Waals surface area contributed by atoms with Gasteiger partial charge in [-0.1, -0.05) is 5.16 Å². The van der Waals surface area contributed by atoms with Crippen LogP contribution in [0.5, 0.6) is 0 Å². The van der Waals surface area contributed by atoms with Crippen LogP contribution < -0.4 is 0 Å². The molecular formula is C15H10F3N3O. The first-order chi connectivity index (χ1) is 10.4. The average molecular weight is 305 g/mol.